The van der Waals surface area contributed by atoms with Crippen molar-refractivity contribution in [2.45, 2.75) is 25.9 Å². The standard InChI is InChI=1S/C23H23FN6O2/c1-14-8-15(5-6-25-14)23-28-19(13-32-23)22(31)27-18-10-20-16(11-26-29(20)2)9-21(18)30-7-3-4-17(24)12-30/h5-6,8-11,13,17H,3-4,7,12H2,1-2H3,(H,27,31). The van der Waals surface area contributed by atoms with Gasteiger partial charge in [-0.15, -0.1) is 0 Å². The van der Waals surface area contributed by atoms with E-state index in [0.29, 0.717) is 24.5 Å². The summed E-state index contributed by atoms with van der Waals surface area (Å²) in [5, 5.41) is 8.17. The second-order valence-corrected chi connectivity index (χ2v) is 8.06. The molecule has 0 aliphatic carbocycles. The molecule has 1 aliphatic rings. The molecule has 0 bridgehead atoms. The molecule has 8 nitrogen and oxygen atoms in total. The molecule has 1 aliphatic heterocycles. The minimum absolute atomic E-state index is 0.160. The molecule has 4 heterocycles. The molecule has 1 N–H and O–H groups in total. The number of rotatable bonds is 4. The van der Waals surface area contributed by atoms with Crippen LogP contribution in [0.5, 0.6) is 0 Å². The van der Waals surface area contributed by atoms with Crippen molar-refractivity contribution in [3.05, 3.63) is 54.3 Å². The van der Waals surface area contributed by atoms with Gasteiger partial charge in [0.15, 0.2) is 5.69 Å². The number of nitrogens with one attached hydrogen (secondary N) is 1. The van der Waals surface area contributed by atoms with Crippen molar-refractivity contribution in [2.75, 3.05) is 23.3 Å². The molecule has 1 aromatic carbocycles. The van der Waals surface area contributed by atoms with Crippen molar-refractivity contribution in [1.29, 1.82) is 0 Å². The van der Waals surface area contributed by atoms with Crippen LogP contribution in [0.25, 0.3) is 22.4 Å². The summed E-state index contributed by atoms with van der Waals surface area (Å²) in [5.74, 6) is -0.0541. The Morgan fingerprint density at radius 1 is 1.31 bits per heavy atom. The first-order chi connectivity index (χ1) is 15.5. The maximum atomic E-state index is 14.1. The van der Waals surface area contributed by atoms with Gasteiger partial charge in [0.05, 0.1) is 23.1 Å². The molecule has 1 amide bonds. The van der Waals surface area contributed by atoms with E-state index >= 15 is 0 Å². The van der Waals surface area contributed by atoms with Crippen LogP contribution in [0, 0.1) is 6.92 Å². The normalized spacial score (nSPS) is 16.5. The minimum Gasteiger partial charge on any atom is -0.444 e. The first-order valence-electron chi connectivity index (χ1n) is 10.5. The second-order valence-electron chi connectivity index (χ2n) is 8.06. The minimum atomic E-state index is -0.890. The van der Waals surface area contributed by atoms with Gasteiger partial charge < -0.3 is 14.6 Å². The van der Waals surface area contributed by atoms with Gasteiger partial charge in [0.1, 0.15) is 12.4 Å². The van der Waals surface area contributed by atoms with Crippen LogP contribution in [0.3, 0.4) is 0 Å². The van der Waals surface area contributed by atoms with E-state index in [9.17, 15) is 9.18 Å². The Balaban J connectivity index is 1.47. The fraction of sp³-hybridized carbons (Fsp3) is 0.304. The van der Waals surface area contributed by atoms with Crippen molar-refractivity contribution in [3.8, 4) is 11.5 Å². The Bertz CT molecular complexity index is 1300. The number of halogens is 1. The molecule has 9 heteroatoms. The summed E-state index contributed by atoms with van der Waals surface area (Å²) in [7, 11) is 1.84. The quantitative estimate of drug-likeness (QED) is 0.520. The number of carbonyl (C=O) groups excluding carboxylic acids is 1. The van der Waals surface area contributed by atoms with Gasteiger partial charge in [0, 0.05) is 43.0 Å². The lowest BCUT2D eigenvalue weighted by Gasteiger charge is -2.32. The highest BCUT2D eigenvalue weighted by Crippen LogP contribution is 2.34. The summed E-state index contributed by atoms with van der Waals surface area (Å²) in [4.78, 5) is 23.5. The van der Waals surface area contributed by atoms with Crippen LogP contribution in [-0.4, -0.2) is 44.9 Å². The molecule has 3 aromatic heterocycles. The average molecular weight is 434 g/mol. The number of benzene rings is 1. The van der Waals surface area contributed by atoms with E-state index in [1.165, 1.54) is 6.26 Å². The fourth-order valence-electron chi connectivity index (χ4n) is 4.07. The van der Waals surface area contributed by atoms with Gasteiger partial charge >= 0.3 is 0 Å². The monoisotopic (exact) mass is 434 g/mol. The van der Waals surface area contributed by atoms with Gasteiger partial charge in [0.25, 0.3) is 5.91 Å². The molecule has 0 radical (unpaired) electrons. The van der Waals surface area contributed by atoms with Crippen LogP contribution in [-0.2, 0) is 7.05 Å². The van der Waals surface area contributed by atoms with E-state index in [-0.39, 0.29) is 5.69 Å². The zero-order valence-electron chi connectivity index (χ0n) is 17.9. The maximum Gasteiger partial charge on any atom is 0.277 e. The number of aromatic nitrogens is 4. The predicted octanol–water partition coefficient (Wildman–Crippen LogP) is 4.12. The van der Waals surface area contributed by atoms with Crippen molar-refractivity contribution in [2.24, 2.45) is 7.05 Å². The maximum absolute atomic E-state index is 14.1. The molecule has 5 rings (SSSR count). The second kappa shape index (κ2) is 8.07. The number of hydrogen-bond donors (Lipinski definition) is 1. The van der Waals surface area contributed by atoms with Crippen LogP contribution in [0.15, 0.2) is 47.3 Å². The Kier molecular flexibility index (Phi) is 5.08. The zero-order chi connectivity index (χ0) is 22.2. The van der Waals surface area contributed by atoms with E-state index in [1.54, 1.807) is 23.1 Å². The largest absolute Gasteiger partial charge is 0.444 e. The van der Waals surface area contributed by atoms with Gasteiger partial charge in [0.2, 0.25) is 5.89 Å². The third-order valence-electron chi connectivity index (χ3n) is 5.70. The molecule has 1 atom stereocenters. The third-order valence-corrected chi connectivity index (χ3v) is 5.70. The number of nitrogens with zero attached hydrogens (tertiary/aromatic N) is 5. The number of alkyl halides is 1. The van der Waals surface area contributed by atoms with Gasteiger partial charge in [-0.25, -0.2) is 9.37 Å². The zero-order valence-corrected chi connectivity index (χ0v) is 17.9. The highest BCUT2D eigenvalue weighted by Gasteiger charge is 2.24. The number of piperidine rings is 1. The number of aryl methyl sites for hydroxylation is 2. The molecule has 1 unspecified atom stereocenters. The lowest BCUT2D eigenvalue weighted by atomic mass is 10.1. The van der Waals surface area contributed by atoms with Crippen LogP contribution in [0.2, 0.25) is 0 Å². The van der Waals surface area contributed by atoms with Crippen molar-refractivity contribution in [3.63, 3.8) is 0 Å². The predicted molar refractivity (Wildman–Crippen MR) is 119 cm³/mol. The topological polar surface area (TPSA) is 89.1 Å². The molecule has 0 saturated carbocycles. The molecule has 1 fully saturated rings. The van der Waals surface area contributed by atoms with Gasteiger partial charge in [-0.2, -0.15) is 5.10 Å². The highest BCUT2D eigenvalue weighted by atomic mass is 19.1. The van der Waals surface area contributed by atoms with Crippen LogP contribution in [0.1, 0.15) is 29.0 Å². The first kappa shape index (κ1) is 20.2. The van der Waals surface area contributed by atoms with Gasteiger partial charge in [-0.3, -0.25) is 14.5 Å². The number of carbonyl (C=O) groups is 1. The number of hydrogen-bond acceptors (Lipinski definition) is 6. The van der Waals surface area contributed by atoms with Crippen molar-refractivity contribution < 1.29 is 13.6 Å². The fourth-order valence-corrected chi connectivity index (χ4v) is 4.07. The molecule has 32 heavy (non-hydrogen) atoms. The lowest BCUT2D eigenvalue weighted by Crippen LogP contribution is -2.37. The van der Waals surface area contributed by atoms with Gasteiger partial charge in [-0.05, 0) is 44.0 Å². The summed E-state index contributed by atoms with van der Waals surface area (Å²) in [6, 6.07) is 7.43. The summed E-state index contributed by atoms with van der Waals surface area (Å²) in [5.41, 5.74) is 3.96. The van der Waals surface area contributed by atoms with E-state index in [4.69, 9.17) is 4.42 Å². The van der Waals surface area contributed by atoms with E-state index in [1.807, 2.05) is 37.1 Å². The molecule has 4 aromatic rings. The Labute approximate surface area is 184 Å². The Hall–Kier alpha value is -3.75. The highest BCUT2D eigenvalue weighted by molar-refractivity contribution is 6.06. The molecule has 1 saturated heterocycles. The van der Waals surface area contributed by atoms with E-state index in [0.717, 1.165) is 40.8 Å². The number of oxazole rings is 1. The van der Waals surface area contributed by atoms with Crippen LogP contribution < -0.4 is 10.2 Å². The Morgan fingerprint density at radius 2 is 2.19 bits per heavy atom. The van der Waals surface area contributed by atoms with Gasteiger partial charge in [-0.1, -0.05) is 0 Å². The smallest absolute Gasteiger partial charge is 0.277 e. The molecular weight excluding hydrogens is 411 g/mol. The summed E-state index contributed by atoms with van der Waals surface area (Å²) >= 11 is 0. The van der Waals surface area contributed by atoms with Crippen LogP contribution >= 0.6 is 0 Å². The summed E-state index contributed by atoms with van der Waals surface area (Å²) in [6.45, 7) is 2.90. The number of pyridine rings is 1. The Morgan fingerprint density at radius 3 is 3.00 bits per heavy atom. The van der Waals surface area contributed by atoms with E-state index in [2.05, 4.69) is 20.4 Å². The summed E-state index contributed by atoms with van der Waals surface area (Å²) in [6.07, 6.45) is 5.20. The van der Waals surface area contributed by atoms with E-state index < -0.39 is 12.1 Å². The van der Waals surface area contributed by atoms with Crippen LogP contribution in [0.4, 0.5) is 15.8 Å². The molecule has 0 spiro atoms. The number of amides is 1. The van der Waals surface area contributed by atoms with Crippen molar-refractivity contribution >= 4 is 28.2 Å². The SMILES string of the molecule is Cc1cc(-c2nc(C(=O)Nc3cc4c(cnn4C)cc3N3CCCC(F)C3)co2)ccn1. The molecular formula is C23H23FN6O2. The third kappa shape index (κ3) is 3.81. The van der Waals surface area contributed by atoms with Crippen molar-refractivity contribution in [1.82, 2.24) is 19.7 Å². The summed E-state index contributed by atoms with van der Waals surface area (Å²) < 4.78 is 21.4. The molecule has 164 valence electrons. The lowest BCUT2D eigenvalue weighted by molar-refractivity contribution is 0.102. The average Bonchev–Trinajstić information content (AvgIpc) is 3.41. The number of fused-ring (bicyclic) bond motifs is 1. The first-order valence-corrected chi connectivity index (χ1v) is 10.5. The number of anilines is 2.